The highest BCUT2D eigenvalue weighted by molar-refractivity contribution is 6.04. The number of ether oxygens (including phenoxy) is 1. The highest BCUT2D eigenvalue weighted by Gasteiger charge is 2.10. The normalized spacial score (nSPS) is 10.5. The standard InChI is InChI=1S/C14H11F3N2O2/c15-11-7-9(4-5-12(11)18)19-13(20)8-2-1-3-10(6-8)21-14(16)17/h1-7,14H,18H2,(H,19,20). The molecule has 2 rings (SSSR count). The van der Waals surface area contributed by atoms with Crippen LogP contribution in [0.25, 0.3) is 0 Å². The number of amides is 1. The molecule has 0 saturated carbocycles. The van der Waals surface area contributed by atoms with E-state index in [9.17, 15) is 18.0 Å². The van der Waals surface area contributed by atoms with Gasteiger partial charge >= 0.3 is 6.61 Å². The van der Waals surface area contributed by atoms with Crippen molar-refractivity contribution < 1.29 is 22.7 Å². The molecule has 0 unspecified atom stereocenters. The Balaban J connectivity index is 2.14. The predicted molar refractivity (Wildman–Crippen MR) is 71.8 cm³/mol. The maximum Gasteiger partial charge on any atom is 0.387 e. The predicted octanol–water partition coefficient (Wildman–Crippen LogP) is 3.26. The third-order valence-electron chi connectivity index (χ3n) is 2.58. The second-order valence-electron chi connectivity index (χ2n) is 4.10. The van der Waals surface area contributed by atoms with Crippen molar-refractivity contribution in [2.45, 2.75) is 6.61 Å². The van der Waals surface area contributed by atoms with Crippen LogP contribution >= 0.6 is 0 Å². The van der Waals surface area contributed by atoms with Crippen LogP contribution in [0.15, 0.2) is 42.5 Å². The van der Waals surface area contributed by atoms with Crippen molar-refractivity contribution >= 4 is 17.3 Å². The van der Waals surface area contributed by atoms with Crippen LogP contribution in [-0.2, 0) is 0 Å². The molecule has 0 aromatic heterocycles. The molecule has 0 heterocycles. The fourth-order valence-corrected chi connectivity index (χ4v) is 1.62. The van der Waals surface area contributed by atoms with Crippen LogP contribution in [0, 0.1) is 5.82 Å². The molecule has 0 aliphatic rings. The Morgan fingerprint density at radius 3 is 2.62 bits per heavy atom. The lowest BCUT2D eigenvalue weighted by atomic mass is 10.2. The first-order valence-corrected chi connectivity index (χ1v) is 5.87. The molecule has 1 amide bonds. The Hall–Kier alpha value is -2.70. The van der Waals surface area contributed by atoms with Crippen molar-refractivity contribution in [3.63, 3.8) is 0 Å². The van der Waals surface area contributed by atoms with Gasteiger partial charge in [-0.25, -0.2) is 4.39 Å². The summed E-state index contributed by atoms with van der Waals surface area (Å²) >= 11 is 0. The number of benzene rings is 2. The lowest BCUT2D eigenvalue weighted by Crippen LogP contribution is -2.12. The van der Waals surface area contributed by atoms with Crippen molar-refractivity contribution in [2.75, 3.05) is 11.1 Å². The molecule has 0 aliphatic heterocycles. The molecule has 110 valence electrons. The first kappa shape index (κ1) is 14.7. The van der Waals surface area contributed by atoms with Crippen LogP contribution < -0.4 is 15.8 Å². The molecule has 0 saturated heterocycles. The summed E-state index contributed by atoms with van der Waals surface area (Å²) < 4.78 is 41.7. The summed E-state index contributed by atoms with van der Waals surface area (Å²) in [5.41, 5.74) is 5.58. The van der Waals surface area contributed by atoms with Gasteiger partial charge in [-0.2, -0.15) is 8.78 Å². The van der Waals surface area contributed by atoms with Crippen LogP contribution in [0.5, 0.6) is 5.75 Å². The Bertz CT molecular complexity index is 662. The summed E-state index contributed by atoms with van der Waals surface area (Å²) in [5, 5.41) is 2.43. The SMILES string of the molecule is Nc1ccc(NC(=O)c2cccc(OC(F)F)c2)cc1F. The van der Waals surface area contributed by atoms with Crippen LogP contribution in [0.4, 0.5) is 24.5 Å². The summed E-state index contributed by atoms with van der Waals surface area (Å²) in [6.07, 6.45) is 0. The maximum atomic E-state index is 13.3. The summed E-state index contributed by atoms with van der Waals surface area (Å²) in [5.74, 6) is -1.39. The number of hydrogen-bond acceptors (Lipinski definition) is 3. The zero-order chi connectivity index (χ0) is 15.4. The zero-order valence-corrected chi connectivity index (χ0v) is 10.6. The minimum absolute atomic E-state index is 0.0414. The van der Waals surface area contributed by atoms with Gasteiger partial charge in [0.1, 0.15) is 11.6 Å². The number of nitrogens with one attached hydrogen (secondary N) is 1. The van der Waals surface area contributed by atoms with Gasteiger partial charge < -0.3 is 15.8 Å². The molecule has 2 aromatic rings. The molecule has 21 heavy (non-hydrogen) atoms. The average Bonchev–Trinajstić information content (AvgIpc) is 2.42. The maximum absolute atomic E-state index is 13.3. The van der Waals surface area contributed by atoms with Gasteiger partial charge in [0.2, 0.25) is 0 Å². The van der Waals surface area contributed by atoms with Crippen molar-refractivity contribution in [1.29, 1.82) is 0 Å². The van der Waals surface area contributed by atoms with E-state index in [1.54, 1.807) is 0 Å². The van der Waals surface area contributed by atoms with Gasteiger partial charge in [0.15, 0.2) is 0 Å². The molecule has 0 spiro atoms. The van der Waals surface area contributed by atoms with E-state index < -0.39 is 18.3 Å². The summed E-state index contributed by atoms with van der Waals surface area (Å²) in [6, 6.07) is 9.07. The number of halogens is 3. The first-order valence-electron chi connectivity index (χ1n) is 5.87. The van der Waals surface area contributed by atoms with Gasteiger partial charge in [-0.3, -0.25) is 4.79 Å². The van der Waals surface area contributed by atoms with Gasteiger partial charge in [0.05, 0.1) is 5.69 Å². The number of nitrogens with two attached hydrogens (primary N) is 1. The lowest BCUT2D eigenvalue weighted by molar-refractivity contribution is -0.0498. The van der Waals surface area contributed by atoms with Gasteiger partial charge in [-0.15, -0.1) is 0 Å². The fourth-order valence-electron chi connectivity index (χ4n) is 1.62. The summed E-state index contributed by atoms with van der Waals surface area (Å²) in [6.45, 7) is -2.98. The van der Waals surface area contributed by atoms with E-state index in [1.807, 2.05) is 0 Å². The van der Waals surface area contributed by atoms with Crippen molar-refractivity contribution in [3.05, 3.63) is 53.8 Å². The number of carbonyl (C=O) groups excluding carboxylic acids is 1. The Kier molecular flexibility index (Phi) is 4.32. The zero-order valence-electron chi connectivity index (χ0n) is 10.6. The third kappa shape index (κ3) is 3.88. The minimum atomic E-state index is -2.98. The van der Waals surface area contributed by atoms with E-state index in [0.717, 1.165) is 12.1 Å². The van der Waals surface area contributed by atoms with Crippen molar-refractivity contribution in [3.8, 4) is 5.75 Å². The van der Waals surface area contributed by atoms with E-state index in [-0.39, 0.29) is 22.7 Å². The molecule has 0 aliphatic carbocycles. The Morgan fingerprint density at radius 2 is 1.95 bits per heavy atom. The van der Waals surface area contributed by atoms with Crippen LogP contribution in [0.3, 0.4) is 0 Å². The summed E-state index contributed by atoms with van der Waals surface area (Å²) in [7, 11) is 0. The smallest absolute Gasteiger partial charge is 0.387 e. The highest BCUT2D eigenvalue weighted by Crippen LogP contribution is 2.19. The molecule has 4 nitrogen and oxygen atoms in total. The van der Waals surface area contributed by atoms with Crippen LogP contribution in [0.1, 0.15) is 10.4 Å². The van der Waals surface area contributed by atoms with E-state index >= 15 is 0 Å². The second-order valence-corrected chi connectivity index (χ2v) is 4.10. The van der Waals surface area contributed by atoms with Crippen molar-refractivity contribution in [2.24, 2.45) is 0 Å². The van der Waals surface area contributed by atoms with Crippen LogP contribution in [0.2, 0.25) is 0 Å². The van der Waals surface area contributed by atoms with Crippen LogP contribution in [-0.4, -0.2) is 12.5 Å². The molecule has 3 N–H and O–H groups in total. The molecule has 0 atom stereocenters. The number of anilines is 2. The van der Waals surface area contributed by atoms with E-state index in [0.29, 0.717) is 0 Å². The van der Waals surface area contributed by atoms with E-state index in [2.05, 4.69) is 10.1 Å². The first-order chi connectivity index (χ1) is 9.95. The van der Waals surface area contributed by atoms with Crippen molar-refractivity contribution in [1.82, 2.24) is 0 Å². The molecular formula is C14H11F3N2O2. The van der Waals surface area contributed by atoms with Gasteiger partial charge in [0.25, 0.3) is 5.91 Å². The summed E-state index contributed by atoms with van der Waals surface area (Å²) in [4.78, 5) is 11.9. The molecular weight excluding hydrogens is 285 g/mol. The number of nitrogen functional groups attached to an aromatic ring is 1. The molecule has 2 aromatic carbocycles. The van der Waals surface area contributed by atoms with Gasteiger partial charge in [-0.05, 0) is 36.4 Å². The highest BCUT2D eigenvalue weighted by atomic mass is 19.3. The van der Waals surface area contributed by atoms with E-state index in [1.165, 1.54) is 30.3 Å². The monoisotopic (exact) mass is 296 g/mol. The Morgan fingerprint density at radius 1 is 1.19 bits per heavy atom. The second kappa shape index (κ2) is 6.17. The number of alkyl halides is 2. The lowest BCUT2D eigenvalue weighted by Gasteiger charge is -2.08. The van der Waals surface area contributed by atoms with E-state index in [4.69, 9.17) is 5.73 Å². The molecule has 0 bridgehead atoms. The largest absolute Gasteiger partial charge is 0.435 e. The number of rotatable bonds is 4. The molecule has 0 radical (unpaired) electrons. The fraction of sp³-hybridized carbons (Fsp3) is 0.0714. The quantitative estimate of drug-likeness (QED) is 0.851. The van der Waals surface area contributed by atoms with Gasteiger partial charge in [0, 0.05) is 11.3 Å². The molecule has 0 fully saturated rings. The number of hydrogen-bond donors (Lipinski definition) is 2. The Labute approximate surface area is 118 Å². The van der Waals surface area contributed by atoms with Gasteiger partial charge in [-0.1, -0.05) is 6.07 Å². The topological polar surface area (TPSA) is 64.3 Å². The third-order valence-corrected chi connectivity index (χ3v) is 2.58. The number of carbonyl (C=O) groups is 1. The average molecular weight is 296 g/mol. The molecule has 7 heteroatoms. The minimum Gasteiger partial charge on any atom is -0.435 e.